The van der Waals surface area contributed by atoms with Crippen LogP contribution in [-0.2, 0) is 15.3 Å². The van der Waals surface area contributed by atoms with Crippen molar-refractivity contribution in [3.63, 3.8) is 0 Å². The van der Waals surface area contributed by atoms with Crippen LogP contribution < -0.4 is 5.73 Å². The van der Waals surface area contributed by atoms with Crippen LogP contribution in [0.15, 0.2) is 27.6 Å². The average molecular weight is 332 g/mol. The van der Waals surface area contributed by atoms with Crippen molar-refractivity contribution in [2.24, 2.45) is 5.73 Å². The van der Waals surface area contributed by atoms with Crippen LogP contribution in [0.3, 0.4) is 0 Å². The molecule has 100 valence electrons. The van der Waals surface area contributed by atoms with Gasteiger partial charge in [-0.05, 0) is 36.6 Å². The summed E-state index contributed by atoms with van der Waals surface area (Å²) in [6.07, 6.45) is 5.66. The Morgan fingerprint density at radius 3 is 2.39 bits per heavy atom. The van der Waals surface area contributed by atoms with Gasteiger partial charge < -0.3 is 5.73 Å². The molecule has 0 bridgehead atoms. The molecule has 0 heterocycles. The number of sulfone groups is 1. The summed E-state index contributed by atoms with van der Waals surface area (Å²) in [6, 6.07) is 5.45. The van der Waals surface area contributed by atoms with E-state index in [1.807, 2.05) is 6.07 Å². The van der Waals surface area contributed by atoms with Crippen molar-refractivity contribution in [1.82, 2.24) is 0 Å². The minimum atomic E-state index is -3.18. The fourth-order valence-corrected chi connectivity index (χ4v) is 4.07. The zero-order valence-electron chi connectivity index (χ0n) is 10.4. The molecule has 2 N–H and O–H groups in total. The molecule has 1 saturated carbocycles. The summed E-state index contributed by atoms with van der Waals surface area (Å²) in [5.74, 6) is 0. The SMILES string of the molecule is CS(=O)(=O)c1cc(Br)cc(C2(CN)CCCC2)c1. The Morgan fingerprint density at radius 2 is 1.89 bits per heavy atom. The van der Waals surface area contributed by atoms with E-state index < -0.39 is 9.84 Å². The lowest BCUT2D eigenvalue weighted by atomic mass is 9.79. The number of rotatable bonds is 3. The van der Waals surface area contributed by atoms with Gasteiger partial charge in [-0.1, -0.05) is 28.8 Å². The second kappa shape index (κ2) is 4.94. The van der Waals surface area contributed by atoms with E-state index in [2.05, 4.69) is 15.9 Å². The van der Waals surface area contributed by atoms with Crippen molar-refractivity contribution in [2.75, 3.05) is 12.8 Å². The van der Waals surface area contributed by atoms with E-state index in [0.29, 0.717) is 11.4 Å². The van der Waals surface area contributed by atoms with Crippen molar-refractivity contribution in [3.05, 3.63) is 28.2 Å². The van der Waals surface area contributed by atoms with Gasteiger partial charge in [-0.3, -0.25) is 0 Å². The molecule has 1 aliphatic rings. The van der Waals surface area contributed by atoms with E-state index >= 15 is 0 Å². The van der Waals surface area contributed by atoms with Crippen molar-refractivity contribution in [3.8, 4) is 0 Å². The van der Waals surface area contributed by atoms with Crippen LogP contribution in [-0.4, -0.2) is 21.2 Å². The molecule has 1 aliphatic carbocycles. The van der Waals surface area contributed by atoms with Gasteiger partial charge >= 0.3 is 0 Å². The smallest absolute Gasteiger partial charge is 0.175 e. The summed E-state index contributed by atoms with van der Waals surface area (Å²) < 4.78 is 24.2. The maximum atomic E-state index is 11.7. The first-order chi connectivity index (χ1) is 8.37. The molecule has 0 aliphatic heterocycles. The molecule has 1 aromatic carbocycles. The van der Waals surface area contributed by atoms with E-state index in [9.17, 15) is 8.42 Å². The number of halogens is 1. The Bertz CT molecular complexity index is 548. The molecule has 1 fully saturated rings. The molecule has 2 rings (SSSR count). The van der Waals surface area contributed by atoms with Crippen molar-refractivity contribution in [2.45, 2.75) is 36.0 Å². The molecule has 0 radical (unpaired) electrons. The lowest BCUT2D eigenvalue weighted by Gasteiger charge is -2.28. The zero-order valence-corrected chi connectivity index (χ0v) is 12.9. The van der Waals surface area contributed by atoms with Crippen LogP contribution >= 0.6 is 15.9 Å². The van der Waals surface area contributed by atoms with Gasteiger partial charge in [-0.2, -0.15) is 0 Å². The third kappa shape index (κ3) is 2.63. The van der Waals surface area contributed by atoms with Gasteiger partial charge in [0.05, 0.1) is 4.90 Å². The molecule has 1 aromatic rings. The predicted molar refractivity (Wildman–Crippen MR) is 76.5 cm³/mol. The molecule has 0 saturated heterocycles. The van der Waals surface area contributed by atoms with Crippen LogP contribution in [0.25, 0.3) is 0 Å². The Kier molecular flexibility index (Phi) is 3.85. The van der Waals surface area contributed by atoms with Gasteiger partial charge in [0, 0.05) is 22.7 Å². The average Bonchev–Trinajstić information content (AvgIpc) is 2.76. The number of nitrogens with two attached hydrogens (primary N) is 1. The maximum Gasteiger partial charge on any atom is 0.175 e. The van der Waals surface area contributed by atoms with Crippen molar-refractivity contribution >= 4 is 25.8 Å². The van der Waals surface area contributed by atoms with E-state index in [4.69, 9.17) is 5.73 Å². The molecule has 0 unspecified atom stereocenters. The number of hydrogen-bond acceptors (Lipinski definition) is 3. The van der Waals surface area contributed by atoms with E-state index in [0.717, 1.165) is 35.7 Å². The highest BCUT2D eigenvalue weighted by Crippen LogP contribution is 2.41. The second-order valence-electron chi connectivity index (χ2n) is 5.14. The first-order valence-corrected chi connectivity index (χ1v) is 8.77. The van der Waals surface area contributed by atoms with Gasteiger partial charge in [0.2, 0.25) is 0 Å². The van der Waals surface area contributed by atoms with Crippen LogP contribution in [0.4, 0.5) is 0 Å². The molecule has 0 amide bonds. The van der Waals surface area contributed by atoms with Gasteiger partial charge in [0.25, 0.3) is 0 Å². The van der Waals surface area contributed by atoms with Gasteiger partial charge in [-0.15, -0.1) is 0 Å². The first-order valence-electron chi connectivity index (χ1n) is 6.09. The third-order valence-corrected chi connectivity index (χ3v) is 5.41. The summed E-state index contributed by atoms with van der Waals surface area (Å²) in [4.78, 5) is 0.367. The molecule has 0 spiro atoms. The van der Waals surface area contributed by atoms with E-state index in [-0.39, 0.29) is 5.41 Å². The summed E-state index contributed by atoms with van der Waals surface area (Å²) in [6.45, 7) is 0.576. The number of hydrogen-bond donors (Lipinski definition) is 1. The molecule has 0 atom stereocenters. The minimum absolute atomic E-state index is 0.0385. The standard InChI is InChI=1S/C13H18BrNO2S/c1-18(16,17)12-7-10(6-11(14)8-12)13(9-15)4-2-3-5-13/h6-8H,2-5,9,15H2,1H3. The summed E-state index contributed by atoms with van der Waals surface area (Å²) in [7, 11) is -3.18. The Labute approximate surface area is 117 Å². The van der Waals surface area contributed by atoms with Crippen LogP contribution in [0.1, 0.15) is 31.2 Å². The Balaban J connectivity index is 2.55. The lowest BCUT2D eigenvalue weighted by Crippen LogP contribution is -2.32. The summed E-state index contributed by atoms with van der Waals surface area (Å²) in [5.41, 5.74) is 6.96. The predicted octanol–water partition coefficient (Wildman–Crippen LogP) is 2.62. The normalized spacial score (nSPS) is 19.1. The second-order valence-corrected chi connectivity index (χ2v) is 8.07. The summed E-state index contributed by atoms with van der Waals surface area (Å²) >= 11 is 3.40. The largest absolute Gasteiger partial charge is 0.330 e. The highest BCUT2D eigenvalue weighted by molar-refractivity contribution is 9.10. The van der Waals surface area contributed by atoms with E-state index in [1.54, 1.807) is 12.1 Å². The molecular formula is C13H18BrNO2S. The fourth-order valence-electron chi connectivity index (χ4n) is 2.75. The Hall–Kier alpha value is -0.390. The van der Waals surface area contributed by atoms with Crippen molar-refractivity contribution < 1.29 is 8.42 Å². The summed E-state index contributed by atoms with van der Waals surface area (Å²) in [5, 5.41) is 0. The molecule has 18 heavy (non-hydrogen) atoms. The molecular weight excluding hydrogens is 314 g/mol. The molecule has 5 heteroatoms. The highest BCUT2D eigenvalue weighted by Gasteiger charge is 2.35. The quantitative estimate of drug-likeness (QED) is 0.926. The number of benzene rings is 1. The topological polar surface area (TPSA) is 60.2 Å². The van der Waals surface area contributed by atoms with E-state index in [1.165, 1.54) is 6.26 Å². The van der Waals surface area contributed by atoms with Gasteiger partial charge in [0.15, 0.2) is 9.84 Å². The maximum absolute atomic E-state index is 11.7. The molecule has 0 aromatic heterocycles. The lowest BCUT2D eigenvalue weighted by molar-refractivity contribution is 0.451. The van der Waals surface area contributed by atoms with Gasteiger partial charge in [0.1, 0.15) is 0 Å². The highest BCUT2D eigenvalue weighted by atomic mass is 79.9. The minimum Gasteiger partial charge on any atom is -0.330 e. The first kappa shape index (κ1) is 14.0. The monoisotopic (exact) mass is 331 g/mol. The van der Waals surface area contributed by atoms with Crippen LogP contribution in [0.5, 0.6) is 0 Å². The third-order valence-electron chi connectivity index (χ3n) is 3.86. The fraction of sp³-hybridized carbons (Fsp3) is 0.538. The Morgan fingerprint density at radius 1 is 1.28 bits per heavy atom. The molecule has 3 nitrogen and oxygen atoms in total. The van der Waals surface area contributed by atoms with Crippen LogP contribution in [0.2, 0.25) is 0 Å². The zero-order chi connectivity index (χ0) is 13.4. The van der Waals surface area contributed by atoms with Crippen molar-refractivity contribution in [1.29, 1.82) is 0 Å². The van der Waals surface area contributed by atoms with Gasteiger partial charge in [-0.25, -0.2) is 8.42 Å². The van der Waals surface area contributed by atoms with Crippen LogP contribution in [0, 0.1) is 0 Å².